The number of ether oxygens (including phenoxy) is 1. The molecule has 0 aliphatic carbocycles. The summed E-state index contributed by atoms with van der Waals surface area (Å²) in [6, 6.07) is 13.7. The average Bonchev–Trinajstić information content (AvgIpc) is 2.80. The standard InChI is InChI=1S/C27H36N2O3/c1-4-9-23(22-15-10-19(3)18-24(22)29-16-7-6-8-17-29)25(26(28)30)20-11-13-21(14-12-20)27(31)32-5-2/h10-15,18,23,25H,4-9,16-17H2,1-3H3,(H2,28,30). The monoisotopic (exact) mass is 436 g/mol. The maximum absolute atomic E-state index is 12.8. The van der Waals surface area contributed by atoms with Crippen molar-refractivity contribution in [1.29, 1.82) is 0 Å². The fourth-order valence-electron chi connectivity index (χ4n) is 4.82. The van der Waals surface area contributed by atoms with Crippen LogP contribution in [0.25, 0.3) is 0 Å². The third-order valence-corrected chi connectivity index (χ3v) is 6.37. The van der Waals surface area contributed by atoms with Gasteiger partial charge in [0.2, 0.25) is 5.91 Å². The van der Waals surface area contributed by atoms with Crippen molar-refractivity contribution >= 4 is 17.6 Å². The summed E-state index contributed by atoms with van der Waals surface area (Å²) in [5, 5.41) is 0. The number of nitrogens with two attached hydrogens (primary N) is 1. The molecule has 2 aromatic rings. The number of esters is 1. The number of hydrogen-bond donors (Lipinski definition) is 1. The number of hydrogen-bond acceptors (Lipinski definition) is 4. The molecule has 172 valence electrons. The lowest BCUT2D eigenvalue weighted by Crippen LogP contribution is -2.32. The number of benzene rings is 2. The third-order valence-electron chi connectivity index (χ3n) is 6.37. The molecule has 1 amide bonds. The van der Waals surface area contributed by atoms with Crippen molar-refractivity contribution in [3.8, 4) is 0 Å². The number of anilines is 1. The second-order valence-corrected chi connectivity index (χ2v) is 8.73. The summed E-state index contributed by atoms with van der Waals surface area (Å²) < 4.78 is 5.09. The van der Waals surface area contributed by atoms with Crippen molar-refractivity contribution in [2.75, 3.05) is 24.6 Å². The topological polar surface area (TPSA) is 72.6 Å². The van der Waals surface area contributed by atoms with Crippen LogP contribution in [0.2, 0.25) is 0 Å². The smallest absolute Gasteiger partial charge is 0.338 e. The van der Waals surface area contributed by atoms with E-state index in [1.165, 1.54) is 36.1 Å². The molecule has 1 aliphatic rings. The van der Waals surface area contributed by atoms with Crippen LogP contribution in [0.4, 0.5) is 5.69 Å². The Kier molecular flexibility index (Phi) is 8.32. The summed E-state index contributed by atoms with van der Waals surface area (Å²) in [5.41, 5.74) is 11.0. The van der Waals surface area contributed by atoms with Gasteiger partial charge in [-0.1, -0.05) is 37.6 Å². The zero-order valence-corrected chi connectivity index (χ0v) is 19.6. The van der Waals surface area contributed by atoms with Gasteiger partial charge in [-0.25, -0.2) is 4.79 Å². The van der Waals surface area contributed by atoms with Crippen LogP contribution < -0.4 is 10.6 Å². The van der Waals surface area contributed by atoms with Crippen LogP contribution in [-0.2, 0) is 9.53 Å². The molecule has 3 rings (SSSR count). The highest BCUT2D eigenvalue weighted by Crippen LogP contribution is 2.42. The van der Waals surface area contributed by atoms with E-state index in [1.807, 2.05) is 12.1 Å². The largest absolute Gasteiger partial charge is 0.462 e. The van der Waals surface area contributed by atoms with Gasteiger partial charge in [-0.3, -0.25) is 4.79 Å². The third kappa shape index (κ3) is 5.50. The maximum atomic E-state index is 12.8. The van der Waals surface area contributed by atoms with E-state index < -0.39 is 5.92 Å². The van der Waals surface area contributed by atoms with Crippen LogP contribution >= 0.6 is 0 Å². The van der Waals surface area contributed by atoms with E-state index in [0.29, 0.717) is 12.2 Å². The van der Waals surface area contributed by atoms with Crippen molar-refractivity contribution in [3.63, 3.8) is 0 Å². The number of carbonyl (C=O) groups excluding carboxylic acids is 2. The van der Waals surface area contributed by atoms with Crippen molar-refractivity contribution < 1.29 is 14.3 Å². The lowest BCUT2D eigenvalue weighted by molar-refractivity contribution is -0.120. The first-order chi connectivity index (χ1) is 15.5. The Morgan fingerprint density at radius 1 is 1.03 bits per heavy atom. The Morgan fingerprint density at radius 2 is 1.72 bits per heavy atom. The first kappa shape index (κ1) is 23.8. The summed E-state index contributed by atoms with van der Waals surface area (Å²) in [6.07, 6.45) is 5.47. The molecule has 2 aromatic carbocycles. The van der Waals surface area contributed by atoms with Crippen LogP contribution in [0, 0.1) is 6.92 Å². The molecule has 1 saturated heterocycles. The number of amides is 1. The molecular weight excluding hydrogens is 400 g/mol. The van der Waals surface area contributed by atoms with Crippen molar-refractivity contribution in [2.45, 2.75) is 64.7 Å². The van der Waals surface area contributed by atoms with Crippen molar-refractivity contribution in [2.24, 2.45) is 5.73 Å². The number of primary amides is 1. The highest BCUT2D eigenvalue weighted by Gasteiger charge is 2.32. The van der Waals surface area contributed by atoms with Gasteiger partial charge < -0.3 is 15.4 Å². The van der Waals surface area contributed by atoms with Gasteiger partial charge in [-0.05, 0) is 74.4 Å². The van der Waals surface area contributed by atoms with Crippen LogP contribution in [0.3, 0.4) is 0 Å². The second kappa shape index (κ2) is 11.2. The fraction of sp³-hybridized carbons (Fsp3) is 0.481. The molecule has 2 atom stereocenters. The Hall–Kier alpha value is -2.82. The number of carbonyl (C=O) groups is 2. The van der Waals surface area contributed by atoms with Gasteiger partial charge in [0.15, 0.2) is 0 Å². The minimum absolute atomic E-state index is 0.0246. The molecule has 0 radical (unpaired) electrons. The Morgan fingerprint density at radius 3 is 2.31 bits per heavy atom. The van der Waals surface area contributed by atoms with Gasteiger partial charge in [0.25, 0.3) is 0 Å². The number of aryl methyl sites for hydroxylation is 1. The quantitative estimate of drug-likeness (QED) is 0.540. The summed E-state index contributed by atoms with van der Waals surface area (Å²) in [4.78, 5) is 27.3. The molecular formula is C27H36N2O3. The molecule has 32 heavy (non-hydrogen) atoms. The fourth-order valence-corrected chi connectivity index (χ4v) is 4.82. The molecule has 0 saturated carbocycles. The number of piperidine rings is 1. The molecule has 5 heteroatoms. The highest BCUT2D eigenvalue weighted by molar-refractivity contribution is 5.90. The molecule has 5 nitrogen and oxygen atoms in total. The predicted molar refractivity (Wildman–Crippen MR) is 129 cm³/mol. The van der Waals surface area contributed by atoms with Gasteiger partial charge in [0, 0.05) is 24.7 Å². The molecule has 0 spiro atoms. The minimum atomic E-state index is -0.461. The van der Waals surface area contributed by atoms with Crippen molar-refractivity contribution in [1.82, 2.24) is 0 Å². The molecule has 1 fully saturated rings. The molecule has 1 aliphatic heterocycles. The Bertz CT molecular complexity index is 917. The summed E-state index contributed by atoms with van der Waals surface area (Å²) in [7, 11) is 0. The summed E-state index contributed by atoms with van der Waals surface area (Å²) >= 11 is 0. The normalized spacial score (nSPS) is 15.8. The molecule has 2 unspecified atom stereocenters. The van der Waals surface area contributed by atoms with Crippen molar-refractivity contribution in [3.05, 3.63) is 64.7 Å². The average molecular weight is 437 g/mol. The second-order valence-electron chi connectivity index (χ2n) is 8.73. The van der Waals surface area contributed by atoms with Gasteiger partial charge in [-0.15, -0.1) is 0 Å². The molecule has 1 heterocycles. The molecule has 0 aromatic heterocycles. The van der Waals surface area contributed by atoms with E-state index in [0.717, 1.165) is 31.5 Å². The van der Waals surface area contributed by atoms with E-state index in [9.17, 15) is 9.59 Å². The zero-order valence-electron chi connectivity index (χ0n) is 19.6. The first-order valence-electron chi connectivity index (χ1n) is 11.9. The molecule has 0 bridgehead atoms. The van der Waals surface area contributed by atoms with Crippen LogP contribution in [0.1, 0.15) is 84.8 Å². The van der Waals surface area contributed by atoms with Crippen LogP contribution in [0.15, 0.2) is 42.5 Å². The first-order valence-corrected chi connectivity index (χ1v) is 11.9. The lowest BCUT2D eigenvalue weighted by Gasteiger charge is -2.35. The van der Waals surface area contributed by atoms with E-state index in [4.69, 9.17) is 10.5 Å². The minimum Gasteiger partial charge on any atom is -0.462 e. The van der Waals surface area contributed by atoms with E-state index >= 15 is 0 Å². The maximum Gasteiger partial charge on any atom is 0.338 e. The van der Waals surface area contributed by atoms with Gasteiger partial charge in [-0.2, -0.15) is 0 Å². The SMILES string of the molecule is CCCC(c1ccc(C)cc1N1CCCCC1)C(C(N)=O)c1ccc(C(=O)OCC)cc1. The Balaban J connectivity index is 2.02. The zero-order chi connectivity index (χ0) is 23.1. The number of nitrogens with zero attached hydrogens (tertiary/aromatic N) is 1. The van der Waals surface area contributed by atoms with Crippen LogP contribution in [-0.4, -0.2) is 31.6 Å². The van der Waals surface area contributed by atoms with E-state index in [2.05, 4.69) is 36.9 Å². The summed E-state index contributed by atoms with van der Waals surface area (Å²) in [5.74, 6) is -1.18. The highest BCUT2D eigenvalue weighted by atomic mass is 16.5. The van der Waals surface area contributed by atoms with Gasteiger partial charge in [0.05, 0.1) is 18.1 Å². The lowest BCUT2D eigenvalue weighted by atomic mass is 9.77. The molecule has 2 N–H and O–H groups in total. The van der Waals surface area contributed by atoms with Gasteiger partial charge in [0.1, 0.15) is 0 Å². The predicted octanol–water partition coefficient (Wildman–Crippen LogP) is 5.31. The Labute approximate surface area is 191 Å². The van der Waals surface area contributed by atoms with E-state index in [-0.39, 0.29) is 17.8 Å². The van der Waals surface area contributed by atoms with Gasteiger partial charge >= 0.3 is 5.97 Å². The summed E-state index contributed by atoms with van der Waals surface area (Å²) in [6.45, 7) is 8.47. The van der Waals surface area contributed by atoms with Crippen LogP contribution in [0.5, 0.6) is 0 Å². The number of rotatable bonds is 9. The van der Waals surface area contributed by atoms with E-state index in [1.54, 1.807) is 19.1 Å².